The van der Waals surface area contributed by atoms with Crippen LogP contribution in [0.25, 0.3) is 16.7 Å². The molecule has 7 nitrogen and oxygen atoms in total. The fourth-order valence-corrected chi connectivity index (χ4v) is 4.47. The Morgan fingerprint density at radius 3 is 2.62 bits per heavy atom. The molecule has 32 heavy (non-hydrogen) atoms. The summed E-state index contributed by atoms with van der Waals surface area (Å²) in [6.45, 7) is 6.57. The Hall–Kier alpha value is -3.13. The highest BCUT2D eigenvalue weighted by molar-refractivity contribution is 7.98. The predicted octanol–water partition coefficient (Wildman–Crippen LogP) is 4.27. The van der Waals surface area contributed by atoms with Crippen molar-refractivity contribution in [3.8, 4) is 0 Å². The molecule has 8 heteroatoms. The molecule has 0 aliphatic carbocycles. The van der Waals surface area contributed by atoms with Gasteiger partial charge in [-0.1, -0.05) is 55.9 Å². The molecule has 2 aromatic heterocycles. The van der Waals surface area contributed by atoms with E-state index in [0.29, 0.717) is 33.9 Å². The van der Waals surface area contributed by atoms with E-state index in [9.17, 15) is 9.59 Å². The lowest BCUT2D eigenvalue weighted by molar-refractivity contribution is 0.0939. The summed E-state index contributed by atoms with van der Waals surface area (Å²) >= 11 is 1.56. The highest BCUT2D eigenvalue weighted by Crippen LogP contribution is 2.25. The minimum absolute atomic E-state index is 0.0719. The van der Waals surface area contributed by atoms with Crippen molar-refractivity contribution in [1.82, 2.24) is 24.5 Å². The third-order valence-electron chi connectivity index (χ3n) is 5.48. The molecule has 0 spiro atoms. The van der Waals surface area contributed by atoms with Crippen molar-refractivity contribution in [1.29, 1.82) is 0 Å². The summed E-state index contributed by atoms with van der Waals surface area (Å²) in [7, 11) is 0. The molecular formula is C24H27N5O2S. The van der Waals surface area contributed by atoms with Crippen LogP contribution in [0.3, 0.4) is 0 Å². The number of fused-ring (bicyclic) bond motifs is 3. The minimum atomic E-state index is -0.154. The summed E-state index contributed by atoms with van der Waals surface area (Å²) in [6.07, 6.45) is 1.65. The summed E-state index contributed by atoms with van der Waals surface area (Å²) in [6, 6.07) is 15.4. The Morgan fingerprint density at radius 2 is 1.91 bits per heavy atom. The molecule has 1 amide bonds. The number of carbonyl (C=O) groups excluding carboxylic acids is 1. The molecule has 1 atom stereocenters. The zero-order valence-electron chi connectivity index (χ0n) is 18.5. The van der Waals surface area contributed by atoms with Crippen LogP contribution in [-0.4, -0.2) is 31.1 Å². The van der Waals surface area contributed by atoms with Crippen LogP contribution in [0.1, 0.15) is 49.5 Å². The van der Waals surface area contributed by atoms with E-state index in [0.717, 1.165) is 18.6 Å². The lowest BCUT2D eigenvalue weighted by Gasteiger charge is -2.14. The second-order valence-electron chi connectivity index (χ2n) is 7.86. The monoisotopic (exact) mass is 449 g/mol. The number of hydrogen-bond acceptors (Lipinski definition) is 5. The summed E-state index contributed by atoms with van der Waals surface area (Å²) < 4.78 is 3.57. The molecule has 0 radical (unpaired) electrons. The second-order valence-corrected chi connectivity index (χ2v) is 8.81. The molecule has 1 unspecified atom stereocenters. The Kier molecular flexibility index (Phi) is 6.60. The zero-order valence-corrected chi connectivity index (χ0v) is 19.4. The molecule has 0 aliphatic heterocycles. The number of thioether (sulfide) groups is 1. The number of nitrogens with zero attached hydrogens (tertiary/aromatic N) is 4. The van der Waals surface area contributed by atoms with E-state index >= 15 is 0 Å². The fourth-order valence-electron chi connectivity index (χ4n) is 3.57. The number of hydrogen-bond donors (Lipinski definition) is 1. The first-order valence-electron chi connectivity index (χ1n) is 10.9. The van der Waals surface area contributed by atoms with Crippen molar-refractivity contribution in [2.45, 2.75) is 57.1 Å². The van der Waals surface area contributed by atoms with Gasteiger partial charge in [0.05, 0.1) is 10.9 Å². The van der Waals surface area contributed by atoms with Gasteiger partial charge in [0.2, 0.25) is 5.78 Å². The summed E-state index contributed by atoms with van der Waals surface area (Å²) in [5.41, 5.74) is 2.22. The van der Waals surface area contributed by atoms with Gasteiger partial charge in [-0.3, -0.25) is 18.6 Å². The van der Waals surface area contributed by atoms with Crippen molar-refractivity contribution >= 4 is 34.3 Å². The number of carbonyl (C=O) groups is 1. The van der Waals surface area contributed by atoms with Gasteiger partial charge in [0.1, 0.15) is 0 Å². The molecule has 166 valence electrons. The van der Waals surface area contributed by atoms with Crippen LogP contribution < -0.4 is 10.9 Å². The van der Waals surface area contributed by atoms with Gasteiger partial charge in [-0.2, -0.15) is 0 Å². The van der Waals surface area contributed by atoms with Crippen LogP contribution in [0.4, 0.5) is 0 Å². The van der Waals surface area contributed by atoms with E-state index in [4.69, 9.17) is 0 Å². The molecule has 2 heterocycles. The summed E-state index contributed by atoms with van der Waals surface area (Å²) in [5, 5.41) is 13.0. The largest absolute Gasteiger partial charge is 0.350 e. The lowest BCUT2D eigenvalue weighted by Crippen LogP contribution is -2.32. The first-order chi connectivity index (χ1) is 15.5. The molecule has 0 saturated carbocycles. The average Bonchev–Trinajstić information content (AvgIpc) is 3.24. The van der Waals surface area contributed by atoms with Gasteiger partial charge in [0.15, 0.2) is 5.16 Å². The average molecular weight is 450 g/mol. The number of amides is 1. The predicted molar refractivity (Wildman–Crippen MR) is 128 cm³/mol. The van der Waals surface area contributed by atoms with E-state index < -0.39 is 0 Å². The van der Waals surface area contributed by atoms with Gasteiger partial charge in [0.25, 0.3) is 11.5 Å². The van der Waals surface area contributed by atoms with Crippen LogP contribution in [-0.2, 0) is 12.3 Å². The van der Waals surface area contributed by atoms with Crippen molar-refractivity contribution in [3.63, 3.8) is 0 Å². The topological polar surface area (TPSA) is 81.3 Å². The number of benzene rings is 2. The summed E-state index contributed by atoms with van der Waals surface area (Å²) in [4.78, 5) is 25.9. The molecule has 0 bridgehead atoms. The number of nitrogens with one attached hydrogen (secondary N) is 1. The van der Waals surface area contributed by atoms with Gasteiger partial charge in [0, 0.05) is 23.9 Å². The number of rotatable bonds is 8. The molecule has 0 saturated heterocycles. The highest BCUT2D eigenvalue weighted by atomic mass is 32.2. The first-order valence-corrected chi connectivity index (χ1v) is 11.9. The smallest absolute Gasteiger partial charge is 0.262 e. The molecule has 0 fully saturated rings. The maximum absolute atomic E-state index is 13.2. The minimum Gasteiger partial charge on any atom is -0.350 e. The van der Waals surface area contributed by atoms with Crippen LogP contribution >= 0.6 is 11.8 Å². The first kappa shape index (κ1) is 22.1. The van der Waals surface area contributed by atoms with Crippen molar-refractivity contribution in [3.05, 3.63) is 70.0 Å². The van der Waals surface area contributed by atoms with Gasteiger partial charge in [-0.05, 0) is 43.5 Å². The Morgan fingerprint density at radius 1 is 1.12 bits per heavy atom. The molecule has 1 N–H and O–H groups in total. The maximum atomic E-state index is 13.2. The quantitative estimate of drug-likeness (QED) is 0.406. The second kappa shape index (κ2) is 9.56. The van der Waals surface area contributed by atoms with E-state index in [-0.39, 0.29) is 17.5 Å². The third-order valence-corrected chi connectivity index (χ3v) is 6.48. The van der Waals surface area contributed by atoms with E-state index in [1.165, 1.54) is 5.56 Å². The Bertz CT molecular complexity index is 1310. The Labute approximate surface area is 190 Å². The number of aryl methyl sites for hydroxylation is 1. The van der Waals surface area contributed by atoms with Crippen LogP contribution in [0.2, 0.25) is 0 Å². The third kappa shape index (κ3) is 4.27. The van der Waals surface area contributed by atoms with Gasteiger partial charge >= 0.3 is 0 Å². The molecule has 2 aromatic carbocycles. The highest BCUT2D eigenvalue weighted by Gasteiger charge is 2.18. The number of aromatic nitrogens is 4. The molecular weight excluding hydrogens is 422 g/mol. The summed E-state index contributed by atoms with van der Waals surface area (Å²) in [5.74, 6) is 1.07. The van der Waals surface area contributed by atoms with Crippen molar-refractivity contribution in [2.24, 2.45) is 0 Å². The van der Waals surface area contributed by atoms with Crippen molar-refractivity contribution < 1.29 is 4.79 Å². The van der Waals surface area contributed by atoms with E-state index in [2.05, 4.69) is 27.6 Å². The van der Waals surface area contributed by atoms with Crippen LogP contribution in [0.5, 0.6) is 0 Å². The van der Waals surface area contributed by atoms with Gasteiger partial charge in [-0.25, -0.2) is 0 Å². The molecule has 0 aliphatic rings. The SMILES string of the molecule is CCCn1c(=O)c2ccc(C(=O)NC(C)CC)cc2n2c(SCc3ccccc3)nnc12. The maximum Gasteiger partial charge on any atom is 0.262 e. The normalized spacial score (nSPS) is 12.3. The lowest BCUT2D eigenvalue weighted by atomic mass is 10.1. The fraction of sp³-hybridized carbons (Fsp3) is 0.333. The zero-order chi connectivity index (χ0) is 22.7. The van der Waals surface area contributed by atoms with Gasteiger partial charge < -0.3 is 5.32 Å². The molecule has 4 rings (SSSR count). The van der Waals surface area contributed by atoms with Crippen LogP contribution in [0.15, 0.2) is 58.5 Å². The standard InChI is InChI=1S/C24H27N5O2S/c1-4-13-28-22(31)19-12-11-18(21(30)25-16(3)5-2)14-20(19)29-23(28)26-27-24(29)32-15-17-9-7-6-8-10-17/h6-12,14,16H,4-5,13,15H2,1-3H3,(H,25,30). The van der Waals surface area contributed by atoms with E-state index in [1.54, 1.807) is 34.5 Å². The van der Waals surface area contributed by atoms with Gasteiger partial charge in [-0.15, -0.1) is 10.2 Å². The molecule has 4 aromatic rings. The van der Waals surface area contributed by atoms with Crippen LogP contribution in [0, 0.1) is 0 Å². The van der Waals surface area contributed by atoms with E-state index in [1.807, 2.05) is 43.4 Å². The van der Waals surface area contributed by atoms with Crippen molar-refractivity contribution in [2.75, 3.05) is 0 Å². The Balaban J connectivity index is 1.85.